The monoisotopic (exact) mass is 864 g/mol. The molecule has 0 aliphatic rings. The number of nitrogens with zero attached hydrogens (tertiary/aromatic N) is 2. The molecule has 13 aromatic rings. The minimum atomic E-state index is 1.07. The summed E-state index contributed by atoms with van der Waals surface area (Å²) in [5.74, 6) is 0. The fourth-order valence-corrected chi connectivity index (χ4v) is 10.6. The minimum absolute atomic E-state index is 1.07. The molecule has 0 radical (unpaired) electrons. The largest absolute Gasteiger partial charge is 0.310 e. The van der Waals surface area contributed by atoms with E-state index < -0.39 is 0 Å². The van der Waals surface area contributed by atoms with Gasteiger partial charge >= 0.3 is 0 Å². The van der Waals surface area contributed by atoms with Crippen LogP contribution in [0.3, 0.4) is 0 Å². The molecule has 0 saturated carbocycles. The lowest BCUT2D eigenvalue weighted by Crippen LogP contribution is -2.11. The maximum atomic E-state index is 2.44. The molecule has 0 aliphatic carbocycles. The van der Waals surface area contributed by atoms with Crippen LogP contribution in [0, 0.1) is 0 Å². The summed E-state index contributed by atoms with van der Waals surface area (Å²) < 4.78 is 2.39. The molecule has 0 fully saturated rings. The second-order valence-electron chi connectivity index (χ2n) is 17.7. The summed E-state index contributed by atoms with van der Waals surface area (Å²) in [5.41, 5.74) is 16.2. The maximum absolute atomic E-state index is 2.44. The Labute approximate surface area is 395 Å². The molecule has 0 aliphatic heterocycles. The molecule has 12 aromatic carbocycles. The van der Waals surface area contributed by atoms with Crippen LogP contribution in [0.2, 0.25) is 0 Å². The molecule has 2 nitrogen and oxygen atoms in total. The van der Waals surface area contributed by atoms with Gasteiger partial charge in [0, 0.05) is 33.4 Å². The topological polar surface area (TPSA) is 8.17 Å². The molecule has 13 rings (SSSR count). The Morgan fingerprint density at radius 1 is 0.250 bits per heavy atom. The van der Waals surface area contributed by atoms with Gasteiger partial charge in [-0.1, -0.05) is 206 Å². The number of para-hydroxylation sites is 2. The second-order valence-corrected chi connectivity index (χ2v) is 17.7. The molecule has 1 aromatic heterocycles. The van der Waals surface area contributed by atoms with Gasteiger partial charge in [-0.15, -0.1) is 0 Å². The first-order valence-corrected chi connectivity index (χ1v) is 23.4. The number of rotatable bonds is 8. The van der Waals surface area contributed by atoms with E-state index in [1.54, 1.807) is 0 Å². The number of anilines is 3. The standard InChI is InChI=1S/C66H44N2/c1-2-16-47(17-3-1)58-41-36-51(56-29-15-20-46-18-4-6-23-55(46)56)44-66(58)67(53-39-34-48(35-40-53)63-43-50-19-5-7-24-57(50)59-25-8-9-26-60(59)63)52-37-32-45(33-38-52)49-21-14-22-54(42-49)68-64-30-12-10-27-61(64)62-28-11-13-31-65(62)68/h1-44H. The lowest BCUT2D eigenvalue weighted by molar-refractivity contribution is 1.18. The van der Waals surface area contributed by atoms with Crippen molar-refractivity contribution in [2.24, 2.45) is 0 Å². The zero-order chi connectivity index (χ0) is 45.0. The van der Waals surface area contributed by atoms with Gasteiger partial charge in [-0.2, -0.15) is 0 Å². The molecule has 1 heterocycles. The van der Waals surface area contributed by atoms with Crippen LogP contribution in [0.1, 0.15) is 0 Å². The average molecular weight is 865 g/mol. The number of aromatic nitrogens is 1. The highest BCUT2D eigenvalue weighted by atomic mass is 15.1. The van der Waals surface area contributed by atoms with Gasteiger partial charge in [0.15, 0.2) is 0 Å². The van der Waals surface area contributed by atoms with Gasteiger partial charge in [-0.05, 0) is 132 Å². The minimum Gasteiger partial charge on any atom is -0.310 e. The molecule has 68 heavy (non-hydrogen) atoms. The average Bonchev–Trinajstić information content (AvgIpc) is 3.76. The number of benzene rings is 12. The lowest BCUT2D eigenvalue weighted by atomic mass is 9.92. The molecular weight excluding hydrogens is 821 g/mol. The van der Waals surface area contributed by atoms with E-state index in [1.807, 2.05) is 0 Å². The highest BCUT2D eigenvalue weighted by Crippen LogP contribution is 2.45. The zero-order valence-electron chi connectivity index (χ0n) is 37.3. The fourth-order valence-electron chi connectivity index (χ4n) is 10.6. The van der Waals surface area contributed by atoms with Crippen molar-refractivity contribution in [2.45, 2.75) is 0 Å². The third-order valence-electron chi connectivity index (χ3n) is 13.8. The van der Waals surface area contributed by atoms with Crippen molar-refractivity contribution >= 4 is 71.2 Å². The first kappa shape index (κ1) is 39.4. The molecule has 0 spiro atoms. The highest BCUT2D eigenvalue weighted by Gasteiger charge is 2.21. The van der Waals surface area contributed by atoms with Gasteiger partial charge in [0.25, 0.3) is 0 Å². The van der Waals surface area contributed by atoms with Crippen molar-refractivity contribution in [1.82, 2.24) is 4.57 Å². The SMILES string of the molecule is c1ccc(-c2ccc(-c3cccc4ccccc34)cc2N(c2ccc(-c3cccc(-n4c5ccccc5c5ccccc54)c3)cc2)c2ccc(-c3cc4ccccc4c4ccccc34)cc2)cc1. The summed E-state index contributed by atoms with van der Waals surface area (Å²) in [4.78, 5) is 2.44. The molecule has 0 N–H and O–H groups in total. The van der Waals surface area contributed by atoms with Crippen molar-refractivity contribution in [1.29, 1.82) is 0 Å². The van der Waals surface area contributed by atoms with E-state index in [4.69, 9.17) is 0 Å². The molecule has 0 atom stereocenters. The van der Waals surface area contributed by atoms with Crippen LogP contribution < -0.4 is 4.90 Å². The summed E-state index contributed by atoms with van der Waals surface area (Å²) in [5, 5.41) is 10.0. The first-order valence-electron chi connectivity index (χ1n) is 23.4. The summed E-state index contributed by atoms with van der Waals surface area (Å²) in [6.07, 6.45) is 0. The number of hydrogen-bond donors (Lipinski definition) is 0. The summed E-state index contributed by atoms with van der Waals surface area (Å²) >= 11 is 0. The Balaban J connectivity index is 0.974. The smallest absolute Gasteiger partial charge is 0.0546 e. The van der Waals surface area contributed by atoms with E-state index in [1.165, 1.54) is 76.4 Å². The van der Waals surface area contributed by atoms with Crippen LogP contribution in [0.4, 0.5) is 17.1 Å². The number of fused-ring (bicyclic) bond motifs is 7. The van der Waals surface area contributed by atoms with E-state index in [9.17, 15) is 0 Å². The van der Waals surface area contributed by atoms with Crippen molar-refractivity contribution in [2.75, 3.05) is 4.90 Å². The van der Waals surface area contributed by atoms with Gasteiger partial charge in [-0.25, -0.2) is 0 Å². The Morgan fingerprint density at radius 3 is 1.49 bits per heavy atom. The van der Waals surface area contributed by atoms with Gasteiger partial charge in [-0.3, -0.25) is 0 Å². The summed E-state index contributed by atoms with van der Waals surface area (Å²) in [6.45, 7) is 0. The van der Waals surface area contributed by atoms with Crippen molar-refractivity contribution < 1.29 is 0 Å². The van der Waals surface area contributed by atoms with E-state index in [0.717, 1.165) is 45.0 Å². The summed E-state index contributed by atoms with van der Waals surface area (Å²) in [7, 11) is 0. The second kappa shape index (κ2) is 16.5. The van der Waals surface area contributed by atoms with Crippen LogP contribution >= 0.6 is 0 Å². The third kappa shape index (κ3) is 6.73. The van der Waals surface area contributed by atoms with Gasteiger partial charge in [0.2, 0.25) is 0 Å². The molecule has 0 bridgehead atoms. The van der Waals surface area contributed by atoms with Gasteiger partial charge in [0.05, 0.1) is 16.7 Å². The Bertz CT molecular complexity index is 3950. The highest BCUT2D eigenvalue weighted by molar-refractivity contribution is 6.14. The predicted molar refractivity (Wildman–Crippen MR) is 290 cm³/mol. The third-order valence-corrected chi connectivity index (χ3v) is 13.8. The van der Waals surface area contributed by atoms with E-state index in [2.05, 4.69) is 276 Å². The van der Waals surface area contributed by atoms with Crippen LogP contribution in [0.25, 0.3) is 104 Å². The van der Waals surface area contributed by atoms with E-state index in [0.29, 0.717) is 0 Å². The molecule has 0 saturated heterocycles. The van der Waals surface area contributed by atoms with Crippen molar-refractivity contribution in [3.63, 3.8) is 0 Å². The summed E-state index contributed by atoms with van der Waals surface area (Å²) in [6, 6.07) is 97.6. The quantitative estimate of drug-likeness (QED) is 0.138. The molecule has 318 valence electrons. The lowest BCUT2D eigenvalue weighted by Gasteiger charge is -2.29. The molecule has 0 amide bonds. The maximum Gasteiger partial charge on any atom is 0.0546 e. The Kier molecular flexibility index (Phi) is 9.54. The normalized spacial score (nSPS) is 11.5. The first-order chi connectivity index (χ1) is 33.7. The van der Waals surface area contributed by atoms with Crippen LogP contribution in [0.15, 0.2) is 267 Å². The molecule has 0 unspecified atom stereocenters. The zero-order valence-corrected chi connectivity index (χ0v) is 37.3. The van der Waals surface area contributed by atoms with E-state index >= 15 is 0 Å². The fraction of sp³-hybridized carbons (Fsp3) is 0. The molecular formula is C66H44N2. The van der Waals surface area contributed by atoms with Crippen molar-refractivity contribution in [3.05, 3.63) is 267 Å². The van der Waals surface area contributed by atoms with Crippen LogP contribution in [0.5, 0.6) is 0 Å². The van der Waals surface area contributed by atoms with Crippen molar-refractivity contribution in [3.8, 4) is 50.2 Å². The predicted octanol–water partition coefficient (Wildman–Crippen LogP) is 18.4. The van der Waals surface area contributed by atoms with Crippen LogP contribution in [-0.4, -0.2) is 4.57 Å². The van der Waals surface area contributed by atoms with Gasteiger partial charge in [0.1, 0.15) is 0 Å². The van der Waals surface area contributed by atoms with Gasteiger partial charge < -0.3 is 9.47 Å². The Hall–Kier alpha value is -8.98. The Morgan fingerprint density at radius 2 is 0.765 bits per heavy atom. The van der Waals surface area contributed by atoms with Crippen LogP contribution in [-0.2, 0) is 0 Å². The number of hydrogen-bond acceptors (Lipinski definition) is 1. The molecule has 2 heteroatoms. The van der Waals surface area contributed by atoms with E-state index in [-0.39, 0.29) is 0 Å².